The number of hydrogen-bond acceptors (Lipinski definition) is 6. The summed E-state index contributed by atoms with van der Waals surface area (Å²) in [6.45, 7) is 4.08. The van der Waals surface area contributed by atoms with Gasteiger partial charge in [-0.2, -0.15) is 0 Å². The van der Waals surface area contributed by atoms with Crippen molar-refractivity contribution in [1.29, 1.82) is 0 Å². The number of esters is 2. The number of nitrogens with zero attached hydrogens (tertiary/aromatic N) is 1. The fraction of sp³-hybridized carbons (Fsp3) is 0.115. The molecule has 1 aliphatic rings. The number of carbonyl (C=O) groups is 2. The van der Waals surface area contributed by atoms with E-state index >= 15 is 0 Å². The molecule has 0 N–H and O–H groups in total. The number of benzene rings is 3. The van der Waals surface area contributed by atoms with Crippen molar-refractivity contribution < 1.29 is 23.8 Å². The van der Waals surface area contributed by atoms with E-state index in [0.29, 0.717) is 43.6 Å². The van der Waals surface area contributed by atoms with Gasteiger partial charge in [0.2, 0.25) is 5.90 Å². The molecule has 9 heteroatoms. The molecule has 1 aliphatic heterocycles. The van der Waals surface area contributed by atoms with E-state index < -0.39 is 11.9 Å². The summed E-state index contributed by atoms with van der Waals surface area (Å²) in [5.41, 5.74) is 2.54. The molecule has 35 heavy (non-hydrogen) atoms. The van der Waals surface area contributed by atoms with Gasteiger partial charge < -0.3 is 14.2 Å². The Hall–Kier alpha value is -3.13. The van der Waals surface area contributed by atoms with Crippen LogP contribution in [0.5, 0.6) is 11.5 Å². The molecule has 3 aromatic rings. The second-order valence-electron chi connectivity index (χ2n) is 7.48. The predicted molar refractivity (Wildman–Crippen MR) is 139 cm³/mol. The fourth-order valence-electron chi connectivity index (χ4n) is 3.22. The molecule has 0 fully saturated rings. The van der Waals surface area contributed by atoms with Crippen LogP contribution < -0.4 is 9.47 Å². The van der Waals surface area contributed by atoms with E-state index in [1.54, 1.807) is 42.5 Å². The van der Waals surface area contributed by atoms with Crippen molar-refractivity contribution in [2.24, 2.45) is 4.99 Å². The summed E-state index contributed by atoms with van der Waals surface area (Å²) in [5, 5.41) is 0.766. The van der Waals surface area contributed by atoms with E-state index in [0.717, 1.165) is 5.56 Å². The fourth-order valence-corrected chi connectivity index (χ4v) is 4.25. The molecule has 0 aliphatic carbocycles. The van der Waals surface area contributed by atoms with Gasteiger partial charge in [0, 0.05) is 5.02 Å². The maximum Gasteiger partial charge on any atom is 0.363 e. The molecule has 0 spiro atoms. The lowest BCUT2D eigenvalue weighted by atomic mass is 10.1. The monoisotopic (exact) mass is 573 g/mol. The van der Waals surface area contributed by atoms with Gasteiger partial charge in [-0.1, -0.05) is 40.9 Å². The highest BCUT2D eigenvalue weighted by Crippen LogP contribution is 2.38. The molecule has 0 saturated heterocycles. The van der Waals surface area contributed by atoms with E-state index in [4.69, 9.17) is 37.4 Å². The van der Waals surface area contributed by atoms with Crippen LogP contribution in [0.4, 0.5) is 0 Å². The topological polar surface area (TPSA) is 74.2 Å². The largest absolute Gasteiger partial charge is 0.490 e. The minimum absolute atomic E-state index is 0.0739. The van der Waals surface area contributed by atoms with Gasteiger partial charge in [0.05, 0.1) is 27.2 Å². The zero-order chi connectivity index (χ0) is 25.1. The lowest BCUT2D eigenvalue weighted by Gasteiger charge is -2.13. The summed E-state index contributed by atoms with van der Waals surface area (Å²) in [6.07, 6.45) is 1.54. The molecule has 0 saturated carbocycles. The first-order chi connectivity index (χ1) is 16.7. The van der Waals surface area contributed by atoms with Crippen LogP contribution in [0, 0.1) is 6.92 Å². The summed E-state index contributed by atoms with van der Waals surface area (Å²) in [7, 11) is 0. The first-order valence-electron chi connectivity index (χ1n) is 10.5. The first-order valence-corrected chi connectivity index (χ1v) is 12.0. The Balaban J connectivity index is 1.65. The van der Waals surface area contributed by atoms with Gasteiger partial charge >= 0.3 is 11.9 Å². The maximum absolute atomic E-state index is 12.7. The Morgan fingerprint density at radius 2 is 1.86 bits per heavy atom. The number of hydrogen-bond donors (Lipinski definition) is 0. The van der Waals surface area contributed by atoms with E-state index in [1.165, 1.54) is 6.08 Å². The number of aryl methyl sites for hydroxylation is 1. The Morgan fingerprint density at radius 3 is 2.54 bits per heavy atom. The average Bonchev–Trinajstić information content (AvgIpc) is 3.16. The second kappa shape index (κ2) is 10.6. The van der Waals surface area contributed by atoms with Crippen LogP contribution in [-0.2, 0) is 9.53 Å². The summed E-state index contributed by atoms with van der Waals surface area (Å²) < 4.78 is 17.1. The Morgan fingerprint density at radius 1 is 1.11 bits per heavy atom. The predicted octanol–water partition coefficient (Wildman–Crippen LogP) is 7.03. The van der Waals surface area contributed by atoms with Gasteiger partial charge in [-0.3, -0.25) is 0 Å². The summed E-state index contributed by atoms with van der Waals surface area (Å²) in [6, 6.07) is 15.2. The highest BCUT2D eigenvalue weighted by Gasteiger charge is 2.26. The van der Waals surface area contributed by atoms with Crippen molar-refractivity contribution in [1.82, 2.24) is 0 Å². The molecular formula is C26H18BrCl2NO5. The molecule has 0 atom stereocenters. The average molecular weight is 575 g/mol. The summed E-state index contributed by atoms with van der Waals surface area (Å²) in [4.78, 5) is 29.4. The van der Waals surface area contributed by atoms with Crippen molar-refractivity contribution in [3.05, 3.63) is 97.1 Å². The van der Waals surface area contributed by atoms with Gasteiger partial charge in [-0.15, -0.1) is 0 Å². The number of halogens is 3. The molecule has 178 valence electrons. The van der Waals surface area contributed by atoms with Crippen LogP contribution >= 0.6 is 39.1 Å². The van der Waals surface area contributed by atoms with Gasteiger partial charge in [0.15, 0.2) is 17.2 Å². The zero-order valence-electron chi connectivity index (χ0n) is 18.6. The van der Waals surface area contributed by atoms with E-state index in [-0.39, 0.29) is 17.3 Å². The van der Waals surface area contributed by atoms with Crippen LogP contribution in [0.25, 0.3) is 6.08 Å². The molecule has 0 bridgehead atoms. The highest BCUT2D eigenvalue weighted by molar-refractivity contribution is 9.10. The van der Waals surface area contributed by atoms with E-state index in [2.05, 4.69) is 20.9 Å². The number of cyclic esters (lactones) is 1. The van der Waals surface area contributed by atoms with E-state index in [1.807, 2.05) is 26.0 Å². The third kappa shape index (κ3) is 5.75. The van der Waals surface area contributed by atoms with Crippen molar-refractivity contribution >= 4 is 63.0 Å². The van der Waals surface area contributed by atoms with Crippen molar-refractivity contribution in [3.63, 3.8) is 0 Å². The maximum atomic E-state index is 12.7. The third-order valence-electron chi connectivity index (χ3n) is 4.90. The van der Waals surface area contributed by atoms with Crippen molar-refractivity contribution in [2.45, 2.75) is 13.8 Å². The third-order valence-corrected chi connectivity index (χ3v) is 6.04. The number of ether oxygens (including phenoxy) is 3. The van der Waals surface area contributed by atoms with Crippen molar-refractivity contribution in [3.8, 4) is 11.5 Å². The van der Waals surface area contributed by atoms with Gasteiger partial charge in [-0.25, -0.2) is 14.6 Å². The quantitative estimate of drug-likeness (QED) is 0.179. The highest BCUT2D eigenvalue weighted by atomic mass is 79.9. The zero-order valence-corrected chi connectivity index (χ0v) is 21.7. The molecule has 1 heterocycles. The van der Waals surface area contributed by atoms with Crippen LogP contribution in [0.2, 0.25) is 10.0 Å². The van der Waals surface area contributed by atoms with Gasteiger partial charge in [0.25, 0.3) is 0 Å². The van der Waals surface area contributed by atoms with Crippen LogP contribution in [0.3, 0.4) is 0 Å². The van der Waals surface area contributed by atoms with Crippen LogP contribution in [0.15, 0.2) is 69.8 Å². The summed E-state index contributed by atoms with van der Waals surface area (Å²) >= 11 is 15.6. The molecule has 0 unspecified atom stereocenters. The molecule has 0 aromatic heterocycles. The number of aliphatic imine (C=N–C) groups is 1. The number of rotatable bonds is 6. The molecule has 6 nitrogen and oxygen atoms in total. The second-order valence-corrected chi connectivity index (χ2v) is 9.18. The number of carbonyl (C=O) groups excluding carboxylic acids is 2. The van der Waals surface area contributed by atoms with Crippen LogP contribution in [-0.4, -0.2) is 24.4 Å². The summed E-state index contributed by atoms with van der Waals surface area (Å²) in [5.74, 6) is -0.520. The lowest BCUT2D eigenvalue weighted by molar-refractivity contribution is -0.129. The Labute approximate surface area is 220 Å². The molecule has 0 radical (unpaired) electrons. The van der Waals surface area contributed by atoms with Crippen LogP contribution in [0.1, 0.15) is 34.0 Å². The first kappa shape index (κ1) is 25.0. The molecule has 4 rings (SSSR count). The lowest BCUT2D eigenvalue weighted by Crippen LogP contribution is -2.10. The van der Waals surface area contributed by atoms with Crippen molar-refractivity contribution in [2.75, 3.05) is 6.61 Å². The minimum Gasteiger partial charge on any atom is -0.490 e. The molecule has 3 aromatic carbocycles. The molecular weight excluding hydrogens is 557 g/mol. The SMILES string of the molecule is CCOc1cc(/C=C2\N=C(c3ccc(Cl)cc3Cl)OC2=O)cc(Br)c1OC(=O)c1ccc(C)cc1. The van der Waals surface area contributed by atoms with Gasteiger partial charge in [-0.05, 0) is 83.9 Å². The minimum atomic E-state index is -0.630. The Kier molecular flexibility index (Phi) is 7.60. The smallest absolute Gasteiger partial charge is 0.363 e. The molecule has 0 amide bonds. The van der Waals surface area contributed by atoms with Gasteiger partial charge in [0.1, 0.15) is 0 Å². The normalized spacial score (nSPS) is 14.0. The van der Waals surface area contributed by atoms with E-state index in [9.17, 15) is 9.59 Å². The standard InChI is InChI=1S/C26H18BrCl2NO5/c1-3-33-22-12-15(10-19(27)23(22)34-25(31)16-6-4-14(2)5-7-16)11-21-26(32)35-24(30-21)18-9-8-17(28)13-20(18)29/h4-13H,3H2,1-2H3/b21-11-. The Bertz CT molecular complexity index is 1380.